The van der Waals surface area contributed by atoms with Crippen molar-refractivity contribution in [1.29, 1.82) is 0 Å². The summed E-state index contributed by atoms with van der Waals surface area (Å²) in [6, 6.07) is 12.3. The van der Waals surface area contributed by atoms with Crippen LogP contribution in [0.25, 0.3) is 10.8 Å². The third-order valence-electron chi connectivity index (χ3n) is 5.02. The van der Waals surface area contributed by atoms with Crippen molar-refractivity contribution in [3.05, 3.63) is 87.0 Å². The molecule has 0 radical (unpaired) electrons. The van der Waals surface area contributed by atoms with E-state index in [0.717, 1.165) is 4.68 Å². The van der Waals surface area contributed by atoms with Crippen LogP contribution >= 0.6 is 11.3 Å². The molecule has 2 aromatic heterocycles. The summed E-state index contributed by atoms with van der Waals surface area (Å²) in [4.78, 5) is 43.3. The predicted octanol–water partition coefficient (Wildman–Crippen LogP) is 3.12. The molecule has 4 rings (SSSR count). The predicted molar refractivity (Wildman–Crippen MR) is 127 cm³/mol. The molecule has 0 aliphatic rings. The van der Waals surface area contributed by atoms with E-state index in [1.807, 2.05) is 0 Å². The molecule has 0 saturated carbocycles. The molecule has 0 saturated heterocycles. The van der Waals surface area contributed by atoms with Gasteiger partial charge in [0.05, 0.1) is 17.6 Å². The molecule has 11 heteroatoms. The van der Waals surface area contributed by atoms with Crippen molar-refractivity contribution in [2.75, 3.05) is 12.4 Å². The van der Waals surface area contributed by atoms with Crippen molar-refractivity contribution >= 4 is 39.2 Å². The van der Waals surface area contributed by atoms with Gasteiger partial charge in [0.25, 0.3) is 11.5 Å². The molecule has 0 spiro atoms. The lowest BCUT2D eigenvalue weighted by Crippen LogP contribution is -2.31. The number of nitrogens with zero attached hydrogens (tertiary/aromatic N) is 4. The Morgan fingerprint density at radius 1 is 1.15 bits per heavy atom. The number of rotatable bonds is 6. The standard InChI is InChI=1S/C23H21FN6O3S/c1-29(21(32)19-17-8-3-4-9-18(17)20(31)30(2)28-19)12-16-13-34-23(26-16)27-22(33)25-11-14-6-5-7-15(24)10-14/h3-10,13H,11-12H2,1-2H3,(H2,25,26,27,33). The van der Waals surface area contributed by atoms with Crippen LogP contribution in [0.4, 0.5) is 14.3 Å². The Morgan fingerprint density at radius 3 is 2.68 bits per heavy atom. The number of hydrogen-bond acceptors (Lipinski definition) is 6. The SMILES string of the molecule is CN(Cc1csc(NC(=O)NCc2cccc(F)c2)n1)C(=O)c1nn(C)c(=O)c2ccccc12. The van der Waals surface area contributed by atoms with E-state index in [2.05, 4.69) is 20.7 Å². The Kier molecular flexibility index (Phi) is 6.64. The quantitative estimate of drug-likeness (QED) is 0.441. The number of aromatic nitrogens is 3. The summed E-state index contributed by atoms with van der Waals surface area (Å²) in [6.45, 7) is 0.348. The third-order valence-corrected chi connectivity index (χ3v) is 5.83. The van der Waals surface area contributed by atoms with E-state index in [9.17, 15) is 18.8 Å². The summed E-state index contributed by atoms with van der Waals surface area (Å²) >= 11 is 1.22. The molecule has 2 aromatic carbocycles. The highest BCUT2D eigenvalue weighted by Gasteiger charge is 2.20. The summed E-state index contributed by atoms with van der Waals surface area (Å²) in [6.07, 6.45) is 0. The van der Waals surface area contributed by atoms with Crippen LogP contribution in [0.15, 0.2) is 58.7 Å². The van der Waals surface area contributed by atoms with Crippen LogP contribution < -0.4 is 16.2 Å². The highest BCUT2D eigenvalue weighted by molar-refractivity contribution is 7.13. The summed E-state index contributed by atoms with van der Waals surface area (Å²) in [5.41, 5.74) is 1.11. The number of fused-ring (bicyclic) bond motifs is 1. The second-order valence-corrected chi connectivity index (χ2v) is 8.42. The van der Waals surface area contributed by atoms with Crippen molar-refractivity contribution < 1.29 is 14.0 Å². The van der Waals surface area contributed by atoms with Crippen LogP contribution in [0.2, 0.25) is 0 Å². The van der Waals surface area contributed by atoms with Gasteiger partial charge in [0.1, 0.15) is 5.82 Å². The molecule has 2 heterocycles. The lowest BCUT2D eigenvalue weighted by atomic mass is 10.1. The number of anilines is 1. The molecule has 4 aromatic rings. The first-order valence-electron chi connectivity index (χ1n) is 10.3. The maximum Gasteiger partial charge on any atom is 0.321 e. The van der Waals surface area contributed by atoms with E-state index in [1.165, 1.54) is 35.4 Å². The van der Waals surface area contributed by atoms with E-state index >= 15 is 0 Å². The Hall–Kier alpha value is -4.12. The second-order valence-electron chi connectivity index (χ2n) is 7.57. The van der Waals surface area contributed by atoms with E-state index < -0.39 is 6.03 Å². The number of nitrogens with one attached hydrogen (secondary N) is 2. The topological polar surface area (TPSA) is 109 Å². The fourth-order valence-corrected chi connectivity index (χ4v) is 4.06. The van der Waals surface area contributed by atoms with Crippen molar-refractivity contribution in [2.45, 2.75) is 13.1 Å². The minimum atomic E-state index is -0.476. The highest BCUT2D eigenvalue weighted by Crippen LogP contribution is 2.19. The largest absolute Gasteiger partial charge is 0.334 e. The molecule has 174 valence electrons. The summed E-state index contributed by atoms with van der Waals surface area (Å²) in [5.74, 6) is -0.731. The fraction of sp³-hybridized carbons (Fsp3) is 0.174. The number of carbonyl (C=O) groups excluding carboxylic acids is 2. The number of benzene rings is 2. The number of amides is 3. The molecule has 0 aliphatic heterocycles. The highest BCUT2D eigenvalue weighted by atomic mass is 32.1. The average Bonchev–Trinajstić information content (AvgIpc) is 3.26. The van der Waals surface area contributed by atoms with Crippen LogP contribution in [0.1, 0.15) is 21.7 Å². The molecule has 34 heavy (non-hydrogen) atoms. The molecule has 0 bridgehead atoms. The van der Waals surface area contributed by atoms with Gasteiger partial charge in [-0.05, 0) is 23.8 Å². The number of carbonyl (C=O) groups is 2. The van der Waals surface area contributed by atoms with Crippen molar-refractivity contribution in [3.8, 4) is 0 Å². The monoisotopic (exact) mass is 480 g/mol. The van der Waals surface area contributed by atoms with Crippen LogP contribution in [-0.4, -0.2) is 38.7 Å². The van der Waals surface area contributed by atoms with Crippen LogP contribution in [-0.2, 0) is 20.1 Å². The number of halogens is 1. The van der Waals surface area contributed by atoms with Crippen LogP contribution in [0.3, 0.4) is 0 Å². The van der Waals surface area contributed by atoms with Gasteiger partial charge >= 0.3 is 6.03 Å². The lowest BCUT2D eigenvalue weighted by molar-refractivity contribution is 0.0777. The van der Waals surface area contributed by atoms with E-state index in [-0.39, 0.29) is 36.1 Å². The molecular formula is C23H21FN6O3S. The van der Waals surface area contributed by atoms with Crippen molar-refractivity contribution in [1.82, 2.24) is 25.0 Å². The second kappa shape index (κ2) is 9.79. The Balaban J connectivity index is 1.40. The number of thiazole rings is 1. The summed E-state index contributed by atoms with van der Waals surface area (Å²) < 4.78 is 14.4. The maximum absolute atomic E-state index is 13.2. The fourth-order valence-electron chi connectivity index (χ4n) is 3.36. The number of urea groups is 1. The van der Waals surface area contributed by atoms with Gasteiger partial charge in [-0.3, -0.25) is 14.9 Å². The molecule has 0 aliphatic carbocycles. The summed E-state index contributed by atoms with van der Waals surface area (Å²) in [5, 5.41) is 12.4. The van der Waals surface area contributed by atoms with Crippen molar-refractivity contribution in [3.63, 3.8) is 0 Å². The van der Waals surface area contributed by atoms with Gasteiger partial charge in [-0.25, -0.2) is 18.9 Å². The minimum absolute atomic E-state index is 0.166. The Bertz CT molecular complexity index is 1430. The van der Waals surface area contributed by atoms with Crippen molar-refractivity contribution in [2.24, 2.45) is 7.05 Å². The normalized spacial score (nSPS) is 10.8. The van der Waals surface area contributed by atoms with Crippen LogP contribution in [0.5, 0.6) is 0 Å². The summed E-state index contributed by atoms with van der Waals surface area (Å²) in [7, 11) is 3.12. The number of hydrogen-bond donors (Lipinski definition) is 2. The molecule has 0 fully saturated rings. The van der Waals surface area contributed by atoms with Gasteiger partial charge in [0.15, 0.2) is 10.8 Å². The van der Waals surface area contributed by atoms with Gasteiger partial charge in [0, 0.05) is 31.4 Å². The lowest BCUT2D eigenvalue weighted by Gasteiger charge is -2.17. The smallest absolute Gasteiger partial charge is 0.321 e. The van der Waals surface area contributed by atoms with Gasteiger partial charge in [0.2, 0.25) is 0 Å². The van der Waals surface area contributed by atoms with E-state index in [1.54, 1.807) is 48.8 Å². The molecule has 3 amide bonds. The molecule has 2 N–H and O–H groups in total. The average molecular weight is 481 g/mol. The first-order chi connectivity index (χ1) is 16.3. The molecule has 0 atom stereocenters. The van der Waals surface area contributed by atoms with E-state index in [0.29, 0.717) is 27.2 Å². The first kappa shape index (κ1) is 23.1. The van der Waals surface area contributed by atoms with E-state index in [4.69, 9.17) is 0 Å². The Labute approximate surface area is 197 Å². The zero-order chi connectivity index (χ0) is 24.2. The van der Waals surface area contributed by atoms with Gasteiger partial charge < -0.3 is 10.2 Å². The first-order valence-corrected chi connectivity index (χ1v) is 11.1. The zero-order valence-corrected chi connectivity index (χ0v) is 19.2. The molecule has 9 nitrogen and oxygen atoms in total. The van der Waals surface area contributed by atoms with Gasteiger partial charge in [-0.1, -0.05) is 30.3 Å². The number of aryl methyl sites for hydroxylation is 1. The minimum Gasteiger partial charge on any atom is -0.334 e. The zero-order valence-electron chi connectivity index (χ0n) is 18.4. The van der Waals surface area contributed by atoms with Gasteiger partial charge in [-0.2, -0.15) is 5.10 Å². The Morgan fingerprint density at radius 2 is 1.91 bits per heavy atom. The molecule has 0 unspecified atom stereocenters. The van der Waals surface area contributed by atoms with Crippen LogP contribution in [0, 0.1) is 5.82 Å². The molecular weight excluding hydrogens is 459 g/mol. The third kappa shape index (κ3) is 5.09. The van der Waals surface area contributed by atoms with Gasteiger partial charge in [-0.15, -0.1) is 11.3 Å². The maximum atomic E-state index is 13.2.